The van der Waals surface area contributed by atoms with Crippen molar-refractivity contribution in [2.75, 3.05) is 0 Å². The molecule has 48 heavy (non-hydrogen) atoms. The monoisotopic (exact) mass is 631 g/mol. The third-order valence-electron chi connectivity index (χ3n) is 10.7. The largest absolute Gasteiger partial charge is 0.308 e. The van der Waals surface area contributed by atoms with Crippen LogP contribution in [0.2, 0.25) is 0 Å². The minimum atomic E-state index is -0.0565. The quantitative estimate of drug-likeness (QED) is 0.186. The zero-order chi connectivity index (χ0) is 31.7. The van der Waals surface area contributed by atoms with Crippen molar-refractivity contribution in [3.05, 3.63) is 151 Å². The lowest BCUT2D eigenvalue weighted by molar-refractivity contribution is 0.661. The van der Waals surface area contributed by atoms with Gasteiger partial charge in [0, 0.05) is 37.5 Å². The second kappa shape index (κ2) is 9.21. The topological polar surface area (TPSA) is 22.2 Å². The molecular formula is C44H29N3S. The van der Waals surface area contributed by atoms with Gasteiger partial charge in [0.15, 0.2) is 0 Å². The number of benzene rings is 6. The predicted molar refractivity (Wildman–Crippen MR) is 203 cm³/mol. The molecule has 0 N–H and O–H groups in total. The summed E-state index contributed by atoms with van der Waals surface area (Å²) in [6, 6.07) is 51.1. The van der Waals surface area contributed by atoms with Gasteiger partial charge in [0.2, 0.25) is 0 Å². The summed E-state index contributed by atoms with van der Waals surface area (Å²) in [6.45, 7) is 4.74. The van der Waals surface area contributed by atoms with Gasteiger partial charge in [-0.25, -0.2) is 4.98 Å². The number of hydrogen-bond donors (Lipinski definition) is 0. The Morgan fingerprint density at radius 1 is 0.583 bits per heavy atom. The molecule has 0 aliphatic heterocycles. The van der Waals surface area contributed by atoms with E-state index in [-0.39, 0.29) is 5.41 Å². The standard InChI is InChI=1S/C44H29N3S/c1-44(2)33-17-6-4-15-29(33)31-25-38-32(24-34(31)44)43-42(30-16-5-10-21-40(30)48-43)46(38)28-14-11-13-27(22-28)41-39-23-26-12-3-8-19-36(26)47(39)37-20-9-7-18-35(37)45-41/h3-25H,1-2H3. The molecule has 10 aromatic rings. The summed E-state index contributed by atoms with van der Waals surface area (Å²) in [6.07, 6.45) is 0. The fourth-order valence-corrected chi connectivity index (χ4v) is 9.66. The number of hydrogen-bond acceptors (Lipinski definition) is 2. The maximum absolute atomic E-state index is 5.32. The number of para-hydroxylation sites is 3. The molecule has 3 nitrogen and oxygen atoms in total. The number of rotatable bonds is 2. The van der Waals surface area contributed by atoms with Crippen LogP contribution in [-0.2, 0) is 5.41 Å². The molecule has 0 saturated heterocycles. The Labute approximate surface area is 280 Å². The zero-order valence-electron chi connectivity index (χ0n) is 26.5. The third kappa shape index (κ3) is 3.35. The van der Waals surface area contributed by atoms with Crippen molar-refractivity contribution in [3.63, 3.8) is 0 Å². The van der Waals surface area contributed by atoms with Gasteiger partial charge in [-0.2, -0.15) is 0 Å². The van der Waals surface area contributed by atoms with Crippen LogP contribution in [-0.4, -0.2) is 14.0 Å². The predicted octanol–water partition coefficient (Wildman–Crippen LogP) is 11.9. The van der Waals surface area contributed by atoms with E-state index < -0.39 is 0 Å². The lowest BCUT2D eigenvalue weighted by atomic mass is 9.82. The highest BCUT2D eigenvalue weighted by Gasteiger charge is 2.36. The Kier molecular flexibility index (Phi) is 5.06. The van der Waals surface area contributed by atoms with Crippen molar-refractivity contribution in [2.24, 2.45) is 0 Å². The molecular weight excluding hydrogens is 603 g/mol. The van der Waals surface area contributed by atoms with Crippen molar-refractivity contribution in [3.8, 4) is 28.1 Å². The van der Waals surface area contributed by atoms with Crippen molar-refractivity contribution < 1.29 is 0 Å². The van der Waals surface area contributed by atoms with Gasteiger partial charge < -0.3 is 8.97 Å². The number of aromatic nitrogens is 3. The smallest absolute Gasteiger partial charge is 0.0951 e. The van der Waals surface area contributed by atoms with Gasteiger partial charge in [0.1, 0.15) is 0 Å². The van der Waals surface area contributed by atoms with Crippen LogP contribution in [0, 0.1) is 0 Å². The van der Waals surface area contributed by atoms with Crippen LogP contribution in [0.5, 0.6) is 0 Å². The van der Waals surface area contributed by atoms with E-state index in [1.165, 1.54) is 64.4 Å². The van der Waals surface area contributed by atoms with Crippen LogP contribution in [0.15, 0.2) is 140 Å². The normalized spacial score (nSPS) is 13.8. The molecule has 1 aliphatic rings. The van der Waals surface area contributed by atoms with E-state index in [1.54, 1.807) is 0 Å². The second-order valence-corrected chi connectivity index (χ2v) is 14.7. The molecule has 4 heteroatoms. The van der Waals surface area contributed by atoms with Crippen LogP contribution in [0.3, 0.4) is 0 Å². The Morgan fingerprint density at radius 3 is 2.31 bits per heavy atom. The Balaban J connectivity index is 1.23. The SMILES string of the molecule is CC1(C)c2ccccc2-c2cc3c(cc21)c1sc2ccccc2c1n3-c1cccc(-c2nc3ccccc3n3c2cc2ccccc23)c1. The van der Waals surface area contributed by atoms with E-state index in [0.717, 1.165) is 33.5 Å². The molecule has 0 atom stereocenters. The summed E-state index contributed by atoms with van der Waals surface area (Å²) < 4.78 is 7.54. The average molecular weight is 632 g/mol. The Morgan fingerprint density at radius 2 is 1.38 bits per heavy atom. The van der Waals surface area contributed by atoms with E-state index in [4.69, 9.17) is 4.98 Å². The molecule has 226 valence electrons. The lowest BCUT2D eigenvalue weighted by Crippen LogP contribution is -2.14. The summed E-state index contributed by atoms with van der Waals surface area (Å²) in [5, 5.41) is 3.83. The molecule has 0 bridgehead atoms. The molecule has 0 fully saturated rings. The molecule has 4 aromatic heterocycles. The van der Waals surface area contributed by atoms with Crippen LogP contribution >= 0.6 is 11.3 Å². The van der Waals surface area contributed by atoms with E-state index in [0.29, 0.717) is 0 Å². The molecule has 0 amide bonds. The fraction of sp³-hybridized carbons (Fsp3) is 0.0682. The van der Waals surface area contributed by atoms with Gasteiger partial charge >= 0.3 is 0 Å². The first-order valence-corrected chi connectivity index (χ1v) is 17.4. The summed E-state index contributed by atoms with van der Waals surface area (Å²) in [7, 11) is 0. The zero-order valence-corrected chi connectivity index (χ0v) is 27.3. The number of fused-ring (bicyclic) bond motifs is 13. The maximum Gasteiger partial charge on any atom is 0.0951 e. The van der Waals surface area contributed by atoms with Crippen molar-refractivity contribution in [2.45, 2.75) is 19.3 Å². The van der Waals surface area contributed by atoms with E-state index in [9.17, 15) is 0 Å². The molecule has 0 spiro atoms. The first kappa shape index (κ1) is 26.4. The van der Waals surface area contributed by atoms with E-state index in [1.807, 2.05) is 11.3 Å². The number of nitrogens with zero attached hydrogens (tertiary/aromatic N) is 3. The lowest BCUT2D eigenvalue weighted by Gasteiger charge is -2.21. The van der Waals surface area contributed by atoms with Gasteiger partial charge in [-0.1, -0.05) is 98.8 Å². The van der Waals surface area contributed by atoms with Gasteiger partial charge in [0.25, 0.3) is 0 Å². The molecule has 11 rings (SSSR count). The summed E-state index contributed by atoms with van der Waals surface area (Å²) in [4.78, 5) is 5.32. The van der Waals surface area contributed by atoms with Crippen molar-refractivity contribution in [1.29, 1.82) is 0 Å². The van der Waals surface area contributed by atoms with Gasteiger partial charge in [-0.3, -0.25) is 0 Å². The molecule has 1 aliphatic carbocycles. The molecule has 0 unspecified atom stereocenters. The Bertz CT molecular complexity index is 2990. The fourth-order valence-electron chi connectivity index (χ4n) is 8.45. The first-order valence-electron chi connectivity index (χ1n) is 16.6. The summed E-state index contributed by atoms with van der Waals surface area (Å²) in [5.41, 5.74) is 15.6. The van der Waals surface area contributed by atoms with Crippen LogP contribution < -0.4 is 0 Å². The first-order chi connectivity index (χ1) is 23.6. The molecule has 0 saturated carbocycles. The summed E-state index contributed by atoms with van der Waals surface area (Å²) >= 11 is 1.91. The molecule has 6 aromatic carbocycles. The molecule has 4 heterocycles. The van der Waals surface area contributed by atoms with Crippen molar-refractivity contribution in [1.82, 2.24) is 14.0 Å². The van der Waals surface area contributed by atoms with Gasteiger partial charge in [-0.05, 0) is 76.9 Å². The minimum absolute atomic E-state index is 0.0565. The van der Waals surface area contributed by atoms with Gasteiger partial charge in [-0.15, -0.1) is 11.3 Å². The van der Waals surface area contributed by atoms with Crippen LogP contribution in [0.25, 0.3) is 86.7 Å². The molecule has 0 radical (unpaired) electrons. The number of thiophene rings is 1. The minimum Gasteiger partial charge on any atom is -0.308 e. The highest BCUT2D eigenvalue weighted by atomic mass is 32.1. The van der Waals surface area contributed by atoms with E-state index in [2.05, 4.69) is 162 Å². The highest BCUT2D eigenvalue weighted by Crippen LogP contribution is 2.52. The maximum atomic E-state index is 5.32. The van der Waals surface area contributed by atoms with Gasteiger partial charge in [0.05, 0.1) is 43.5 Å². The van der Waals surface area contributed by atoms with Crippen molar-refractivity contribution >= 4 is 70.0 Å². The summed E-state index contributed by atoms with van der Waals surface area (Å²) in [5.74, 6) is 0. The highest BCUT2D eigenvalue weighted by molar-refractivity contribution is 7.26. The van der Waals surface area contributed by atoms with Crippen LogP contribution in [0.1, 0.15) is 25.0 Å². The Hall–Kier alpha value is -5.71. The second-order valence-electron chi connectivity index (χ2n) is 13.6. The average Bonchev–Trinajstić information content (AvgIpc) is 3.84. The van der Waals surface area contributed by atoms with E-state index >= 15 is 0 Å². The van der Waals surface area contributed by atoms with Crippen LogP contribution in [0.4, 0.5) is 0 Å². The third-order valence-corrected chi connectivity index (χ3v) is 11.9.